The lowest BCUT2D eigenvalue weighted by molar-refractivity contribution is -0.133. The number of phenolic OH excluding ortho intramolecular Hbond substituents is 1. The van der Waals surface area contributed by atoms with Crippen molar-refractivity contribution in [2.45, 2.75) is 32.1 Å². The summed E-state index contributed by atoms with van der Waals surface area (Å²) in [5.41, 5.74) is 5.81. The Morgan fingerprint density at radius 2 is 1.89 bits per heavy atom. The van der Waals surface area contributed by atoms with Crippen LogP contribution in [0.5, 0.6) is 5.75 Å². The lowest BCUT2D eigenvalue weighted by Gasteiger charge is -2.17. The predicted octanol–water partition coefficient (Wildman–Crippen LogP) is 4.74. The molecule has 2 aliphatic rings. The average molecular weight is 392 g/mol. The molecule has 1 aromatic heterocycles. The van der Waals surface area contributed by atoms with Gasteiger partial charge in [0.1, 0.15) is 23.4 Å². The maximum Gasteiger partial charge on any atom is 0.338 e. The third kappa shape index (κ3) is 3.07. The van der Waals surface area contributed by atoms with Gasteiger partial charge in [-0.2, -0.15) is 8.75 Å². The molecule has 0 unspecified atom stereocenters. The second-order valence-electron chi connectivity index (χ2n) is 7.56. The van der Waals surface area contributed by atoms with Gasteiger partial charge in [0.25, 0.3) is 0 Å². The van der Waals surface area contributed by atoms with E-state index in [0.717, 1.165) is 34.1 Å². The normalized spacial score (nSPS) is 17.3. The smallest absolute Gasteiger partial charge is 0.338 e. The summed E-state index contributed by atoms with van der Waals surface area (Å²) in [6.07, 6.45) is 7.53. The number of carbonyl (C=O) groups excluding carboxylic acids is 1. The number of nitrogens with zero attached hydrogens (tertiary/aromatic N) is 2. The number of phenols is 1. The molecule has 142 valence electrons. The third-order valence-electron chi connectivity index (χ3n) is 5.79. The lowest BCUT2D eigenvalue weighted by Crippen LogP contribution is -2.04. The van der Waals surface area contributed by atoms with E-state index < -0.39 is 0 Å². The van der Waals surface area contributed by atoms with Crippen molar-refractivity contribution in [2.75, 3.05) is 6.61 Å². The van der Waals surface area contributed by atoms with E-state index in [2.05, 4.69) is 8.75 Å². The molecule has 1 saturated carbocycles. The number of hydrogen-bond acceptors (Lipinski definition) is 6. The number of fused-ring (bicyclic) bond motifs is 1. The predicted molar refractivity (Wildman–Crippen MR) is 109 cm³/mol. The monoisotopic (exact) mass is 392 g/mol. The molecule has 5 nitrogen and oxygen atoms in total. The SMILES string of the molecule is O=C1OCC=C1c1cc(O)c(CC2CCCC2)c(-c2ccc3nsnc3c2)c1. The topological polar surface area (TPSA) is 72.3 Å². The van der Waals surface area contributed by atoms with Crippen molar-refractivity contribution >= 4 is 34.3 Å². The molecule has 2 aromatic carbocycles. The lowest BCUT2D eigenvalue weighted by atomic mass is 9.88. The molecule has 1 aliphatic heterocycles. The molecule has 1 N–H and O–H groups in total. The zero-order valence-corrected chi connectivity index (χ0v) is 16.2. The van der Waals surface area contributed by atoms with Crippen LogP contribution in [-0.4, -0.2) is 26.4 Å². The summed E-state index contributed by atoms with van der Waals surface area (Å²) in [6.45, 7) is 0.282. The fraction of sp³-hybridized carbons (Fsp3) is 0.318. The minimum atomic E-state index is -0.340. The van der Waals surface area contributed by atoms with E-state index >= 15 is 0 Å². The molecule has 5 rings (SSSR count). The van der Waals surface area contributed by atoms with Gasteiger partial charge in [-0.3, -0.25) is 0 Å². The number of aromatic nitrogens is 2. The number of esters is 1. The summed E-state index contributed by atoms with van der Waals surface area (Å²) in [4.78, 5) is 12.0. The first-order valence-electron chi connectivity index (χ1n) is 9.65. The molecule has 0 saturated heterocycles. The summed E-state index contributed by atoms with van der Waals surface area (Å²) in [5.74, 6) is 0.500. The molecule has 0 amide bonds. The van der Waals surface area contributed by atoms with Gasteiger partial charge in [-0.25, -0.2) is 4.79 Å². The van der Waals surface area contributed by atoms with E-state index in [9.17, 15) is 9.90 Å². The molecule has 0 spiro atoms. The quantitative estimate of drug-likeness (QED) is 0.650. The zero-order chi connectivity index (χ0) is 19.1. The Hall–Kier alpha value is -2.73. The zero-order valence-electron chi connectivity index (χ0n) is 15.4. The number of benzene rings is 2. The summed E-state index contributed by atoms with van der Waals surface area (Å²) >= 11 is 1.19. The standard InChI is InChI=1S/C22H20N2O3S/c25-21-12-15(16-7-8-27-22(16)26)10-17(18(21)9-13-3-1-2-4-13)14-5-6-19-20(11-14)24-28-23-19/h5-7,10-13,25H,1-4,8-9H2. The van der Waals surface area contributed by atoms with Crippen LogP contribution in [0.1, 0.15) is 36.8 Å². The van der Waals surface area contributed by atoms with Crippen LogP contribution in [0, 0.1) is 5.92 Å². The first kappa shape index (κ1) is 17.4. The number of carbonyl (C=O) groups is 1. The van der Waals surface area contributed by atoms with Gasteiger partial charge in [-0.05, 0) is 59.4 Å². The number of rotatable bonds is 4. The molecule has 2 heterocycles. The van der Waals surface area contributed by atoms with Crippen LogP contribution in [0.4, 0.5) is 0 Å². The molecule has 3 aromatic rings. The Balaban J connectivity index is 1.65. The highest BCUT2D eigenvalue weighted by molar-refractivity contribution is 7.00. The van der Waals surface area contributed by atoms with Gasteiger partial charge < -0.3 is 9.84 Å². The van der Waals surface area contributed by atoms with Gasteiger partial charge in [0.2, 0.25) is 0 Å². The second-order valence-corrected chi connectivity index (χ2v) is 8.09. The number of ether oxygens (including phenoxy) is 1. The van der Waals surface area contributed by atoms with Crippen molar-refractivity contribution in [1.29, 1.82) is 0 Å². The molecule has 1 aliphatic carbocycles. The van der Waals surface area contributed by atoms with Crippen molar-refractivity contribution in [1.82, 2.24) is 8.75 Å². The van der Waals surface area contributed by atoms with Gasteiger partial charge in [0.15, 0.2) is 0 Å². The van der Waals surface area contributed by atoms with E-state index in [-0.39, 0.29) is 18.3 Å². The van der Waals surface area contributed by atoms with Gasteiger partial charge in [0, 0.05) is 5.56 Å². The van der Waals surface area contributed by atoms with Crippen LogP contribution in [0.2, 0.25) is 0 Å². The molecule has 0 bridgehead atoms. The molecule has 28 heavy (non-hydrogen) atoms. The molecular formula is C22H20N2O3S. The highest BCUT2D eigenvalue weighted by atomic mass is 32.1. The van der Waals surface area contributed by atoms with Crippen LogP contribution in [0.25, 0.3) is 27.7 Å². The average Bonchev–Trinajstić information content (AvgIpc) is 3.44. The number of hydrogen-bond donors (Lipinski definition) is 1. The van der Waals surface area contributed by atoms with Crippen LogP contribution >= 0.6 is 11.7 Å². The Labute approximate surface area is 167 Å². The van der Waals surface area contributed by atoms with Crippen molar-refractivity contribution in [3.63, 3.8) is 0 Å². The van der Waals surface area contributed by atoms with Gasteiger partial charge in [-0.15, -0.1) is 0 Å². The first-order valence-corrected chi connectivity index (χ1v) is 10.4. The first-order chi connectivity index (χ1) is 13.7. The fourth-order valence-electron chi connectivity index (χ4n) is 4.33. The summed E-state index contributed by atoms with van der Waals surface area (Å²) < 4.78 is 13.7. The number of aromatic hydroxyl groups is 1. The summed E-state index contributed by atoms with van der Waals surface area (Å²) in [6, 6.07) is 9.69. The van der Waals surface area contributed by atoms with Crippen LogP contribution < -0.4 is 0 Å². The Kier molecular flexibility index (Phi) is 4.36. The maximum atomic E-state index is 12.0. The van der Waals surface area contributed by atoms with Crippen molar-refractivity contribution in [3.8, 4) is 16.9 Å². The molecule has 1 fully saturated rings. The van der Waals surface area contributed by atoms with E-state index in [0.29, 0.717) is 17.1 Å². The minimum Gasteiger partial charge on any atom is -0.508 e. The van der Waals surface area contributed by atoms with Crippen molar-refractivity contribution in [3.05, 3.63) is 47.5 Å². The van der Waals surface area contributed by atoms with Crippen LogP contribution in [0.15, 0.2) is 36.4 Å². The second kappa shape index (κ2) is 7.02. The third-order valence-corrected chi connectivity index (χ3v) is 6.35. The van der Waals surface area contributed by atoms with E-state index in [1.54, 1.807) is 12.1 Å². The molecule has 0 radical (unpaired) electrons. The highest BCUT2D eigenvalue weighted by Gasteiger charge is 2.24. The van der Waals surface area contributed by atoms with Crippen LogP contribution in [-0.2, 0) is 16.0 Å². The van der Waals surface area contributed by atoms with E-state index in [1.165, 1.54) is 37.4 Å². The summed E-state index contributed by atoms with van der Waals surface area (Å²) in [5, 5.41) is 10.9. The Morgan fingerprint density at radius 3 is 2.68 bits per heavy atom. The maximum absolute atomic E-state index is 12.0. The Bertz CT molecular complexity index is 1100. The largest absolute Gasteiger partial charge is 0.508 e. The highest BCUT2D eigenvalue weighted by Crippen LogP contribution is 2.39. The van der Waals surface area contributed by atoms with Crippen LogP contribution in [0.3, 0.4) is 0 Å². The van der Waals surface area contributed by atoms with Gasteiger partial charge >= 0.3 is 5.97 Å². The van der Waals surface area contributed by atoms with Gasteiger partial charge in [-0.1, -0.05) is 31.7 Å². The van der Waals surface area contributed by atoms with Crippen molar-refractivity contribution in [2.24, 2.45) is 5.92 Å². The fourth-order valence-corrected chi connectivity index (χ4v) is 4.85. The summed E-state index contributed by atoms with van der Waals surface area (Å²) in [7, 11) is 0. The van der Waals surface area contributed by atoms with Crippen molar-refractivity contribution < 1.29 is 14.6 Å². The van der Waals surface area contributed by atoms with E-state index in [4.69, 9.17) is 4.74 Å². The minimum absolute atomic E-state index is 0.247. The van der Waals surface area contributed by atoms with E-state index in [1.807, 2.05) is 24.3 Å². The number of cyclic esters (lactones) is 1. The molecule has 6 heteroatoms. The Morgan fingerprint density at radius 1 is 1.07 bits per heavy atom. The van der Waals surface area contributed by atoms with Gasteiger partial charge in [0.05, 0.1) is 17.3 Å². The molecular weight excluding hydrogens is 372 g/mol. The molecule has 0 atom stereocenters.